The standard InChI is InChI=1S/C12H19BrO3.C12H20O3/c1-8-2-4-9(5-3-8)12(16)10(13)6-7-11(14)15;1-9-5-7-10(8-6-9)11(13)3-2-4-12(14)15/h8-10H,2-7H2,1H3,(H,14,15);9-10H,2-8H2,1H3,(H,14,15). The summed E-state index contributed by atoms with van der Waals surface area (Å²) in [6.07, 6.45) is 10.0. The van der Waals surface area contributed by atoms with E-state index in [9.17, 15) is 19.2 Å². The van der Waals surface area contributed by atoms with Gasteiger partial charge in [-0.15, -0.1) is 0 Å². The third-order valence-corrected chi connectivity index (χ3v) is 7.53. The maximum Gasteiger partial charge on any atom is 0.303 e. The van der Waals surface area contributed by atoms with Gasteiger partial charge in [-0.1, -0.05) is 55.5 Å². The first-order valence-electron chi connectivity index (χ1n) is 11.7. The summed E-state index contributed by atoms with van der Waals surface area (Å²) in [7, 11) is 0. The van der Waals surface area contributed by atoms with Crippen LogP contribution in [-0.4, -0.2) is 38.5 Å². The van der Waals surface area contributed by atoms with Crippen LogP contribution < -0.4 is 0 Å². The van der Waals surface area contributed by atoms with Gasteiger partial charge in [-0.25, -0.2) is 0 Å². The molecule has 6 nitrogen and oxygen atoms in total. The summed E-state index contributed by atoms with van der Waals surface area (Å²) >= 11 is 3.31. The lowest BCUT2D eigenvalue weighted by Gasteiger charge is -2.26. The van der Waals surface area contributed by atoms with E-state index < -0.39 is 11.9 Å². The highest BCUT2D eigenvalue weighted by Gasteiger charge is 2.28. The van der Waals surface area contributed by atoms with Crippen LogP contribution in [0.4, 0.5) is 0 Å². The first-order chi connectivity index (χ1) is 14.6. The molecule has 178 valence electrons. The van der Waals surface area contributed by atoms with Crippen LogP contribution >= 0.6 is 15.9 Å². The molecule has 0 saturated heterocycles. The average Bonchev–Trinajstić information content (AvgIpc) is 2.72. The van der Waals surface area contributed by atoms with Crippen molar-refractivity contribution in [1.82, 2.24) is 0 Å². The lowest BCUT2D eigenvalue weighted by Crippen LogP contribution is -2.27. The van der Waals surface area contributed by atoms with E-state index in [0.29, 0.717) is 19.3 Å². The predicted octanol–water partition coefficient (Wildman–Crippen LogP) is 5.65. The van der Waals surface area contributed by atoms with Crippen LogP contribution in [0.3, 0.4) is 0 Å². The fourth-order valence-electron chi connectivity index (χ4n) is 4.39. The van der Waals surface area contributed by atoms with Crippen LogP contribution in [0.1, 0.15) is 97.3 Å². The molecule has 0 amide bonds. The van der Waals surface area contributed by atoms with Gasteiger partial charge in [0.2, 0.25) is 0 Å². The first-order valence-corrected chi connectivity index (χ1v) is 12.7. The first kappa shape index (κ1) is 27.8. The van der Waals surface area contributed by atoms with Crippen molar-refractivity contribution < 1.29 is 29.4 Å². The predicted molar refractivity (Wildman–Crippen MR) is 123 cm³/mol. The summed E-state index contributed by atoms with van der Waals surface area (Å²) in [6.45, 7) is 4.45. The molecule has 2 N–H and O–H groups in total. The van der Waals surface area contributed by atoms with E-state index >= 15 is 0 Å². The van der Waals surface area contributed by atoms with E-state index in [1.54, 1.807) is 0 Å². The van der Waals surface area contributed by atoms with Crippen LogP contribution in [0.15, 0.2) is 0 Å². The van der Waals surface area contributed by atoms with E-state index in [0.717, 1.165) is 63.2 Å². The SMILES string of the molecule is CC1CCC(C(=O)C(Br)CCC(=O)O)CC1.CC1CCC(C(=O)CCCC(=O)O)CC1. The molecule has 0 spiro atoms. The number of carboxylic acids is 2. The summed E-state index contributed by atoms with van der Waals surface area (Å²) < 4.78 is 0. The summed E-state index contributed by atoms with van der Waals surface area (Å²) in [5.74, 6) is 0.695. The van der Waals surface area contributed by atoms with Crippen LogP contribution in [-0.2, 0) is 19.2 Å². The Morgan fingerprint density at radius 3 is 1.65 bits per heavy atom. The van der Waals surface area contributed by atoms with Gasteiger partial charge in [-0.2, -0.15) is 0 Å². The Morgan fingerprint density at radius 1 is 0.742 bits per heavy atom. The van der Waals surface area contributed by atoms with Gasteiger partial charge < -0.3 is 10.2 Å². The highest BCUT2D eigenvalue weighted by Crippen LogP contribution is 2.31. The van der Waals surface area contributed by atoms with E-state index in [1.165, 1.54) is 0 Å². The number of hydrogen-bond acceptors (Lipinski definition) is 4. The third kappa shape index (κ3) is 11.8. The second-order valence-electron chi connectivity index (χ2n) is 9.43. The number of alkyl halides is 1. The van der Waals surface area contributed by atoms with Crippen molar-refractivity contribution in [1.29, 1.82) is 0 Å². The summed E-state index contributed by atoms with van der Waals surface area (Å²) in [5.41, 5.74) is 0. The Balaban J connectivity index is 0.000000311. The molecule has 0 radical (unpaired) electrons. The van der Waals surface area contributed by atoms with E-state index in [1.807, 2.05) is 0 Å². The van der Waals surface area contributed by atoms with Crippen molar-refractivity contribution in [3.8, 4) is 0 Å². The quantitative estimate of drug-likeness (QED) is 0.373. The molecule has 7 heteroatoms. The van der Waals surface area contributed by atoms with Crippen LogP contribution in [0.5, 0.6) is 0 Å². The maximum atomic E-state index is 12.0. The molecule has 31 heavy (non-hydrogen) atoms. The molecule has 2 fully saturated rings. The summed E-state index contributed by atoms with van der Waals surface area (Å²) in [5, 5.41) is 17.0. The molecule has 2 aliphatic rings. The molecule has 2 aliphatic carbocycles. The lowest BCUT2D eigenvalue weighted by atomic mass is 9.80. The Hall–Kier alpha value is -1.24. The minimum atomic E-state index is -0.838. The normalized spacial score (nSPS) is 26.8. The largest absolute Gasteiger partial charge is 0.481 e. The zero-order chi connectivity index (χ0) is 23.4. The highest BCUT2D eigenvalue weighted by molar-refractivity contribution is 9.10. The second kappa shape index (κ2) is 14.8. The van der Waals surface area contributed by atoms with Crippen molar-refractivity contribution >= 4 is 39.4 Å². The van der Waals surface area contributed by atoms with E-state index in [2.05, 4.69) is 29.8 Å². The minimum absolute atomic E-state index is 0.0603. The van der Waals surface area contributed by atoms with Crippen LogP contribution in [0.2, 0.25) is 0 Å². The fourth-order valence-corrected chi connectivity index (χ4v) is 5.00. The Labute approximate surface area is 194 Å². The fraction of sp³-hybridized carbons (Fsp3) is 0.833. The van der Waals surface area contributed by atoms with Gasteiger partial charge in [-0.3, -0.25) is 19.2 Å². The van der Waals surface area contributed by atoms with E-state index in [-0.39, 0.29) is 41.1 Å². The monoisotopic (exact) mass is 502 g/mol. The molecular formula is C24H39BrO6. The summed E-state index contributed by atoms with van der Waals surface area (Å²) in [6, 6.07) is 0. The average molecular weight is 503 g/mol. The van der Waals surface area contributed by atoms with Crippen molar-refractivity contribution in [2.24, 2.45) is 23.7 Å². The van der Waals surface area contributed by atoms with Crippen LogP contribution in [0, 0.1) is 23.7 Å². The van der Waals surface area contributed by atoms with Gasteiger partial charge in [-0.05, 0) is 50.4 Å². The van der Waals surface area contributed by atoms with Crippen molar-refractivity contribution in [2.75, 3.05) is 0 Å². The smallest absolute Gasteiger partial charge is 0.303 e. The number of halogens is 1. The zero-order valence-electron chi connectivity index (χ0n) is 19.0. The van der Waals surface area contributed by atoms with E-state index in [4.69, 9.17) is 10.2 Å². The summed E-state index contributed by atoms with van der Waals surface area (Å²) in [4.78, 5) is 44.1. The number of carbonyl (C=O) groups is 4. The van der Waals surface area contributed by atoms with Crippen LogP contribution in [0.25, 0.3) is 0 Å². The molecule has 0 aromatic rings. The number of Topliss-reactive ketones (excluding diaryl/α,β-unsaturated/α-hetero) is 2. The lowest BCUT2D eigenvalue weighted by molar-refractivity contribution is -0.138. The van der Waals surface area contributed by atoms with Gasteiger partial charge in [0.1, 0.15) is 11.6 Å². The molecule has 1 atom stereocenters. The molecule has 2 rings (SSSR count). The molecule has 0 bridgehead atoms. The van der Waals surface area contributed by atoms with Gasteiger partial charge in [0.25, 0.3) is 0 Å². The molecule has 0 aliphatic heterocycles. The third-order valence-electron chi connectivity index (χ3n) is 6.62. The zero-order valence-corrected chi connectivity index (χ0v) is 20.6. The van der Waals surface area contributed by atoms with Gasteiger partial charge in [0.15, 0.2) is 0 Å². The molecule has 0 aromatic carbocycles. The molecule has 0 aromatic heterocycles. The highest BCUT2D eigenvalue weighted by atomic mass is 79.9. The number of aliphatic carboxylic acids is 2. The second-order valence-corrected chi connectivity index (χ2v) is 10.5. The van der Waals surface area contributed by atoms with Gasteiger partial charge in [0, 0.05) is 31.1 Å². The molecule has 1 unspecified atom stereocenters. The number of carbonyl (C=O) groups excluding carboxylic acids is 2. The molecule has 2 saturated carbocycles. The number of hydrogen-bond donors (Lipinski definition) is 2. The van der Waals surface area contributed by atoms with Gasteiger partial charge in [0.05, 0.1) is 4.83 Å². The van der Waals surface area contributed by atoms with Crippen molar-refractivity contribution in [3.63, 3.8) is 0 Å². The Bertz CT molecular complexity index is 589. The number of carboxylic acid groups (broad SMARTS) is 2. The maximum absolute atomic E-state index is 12.0. The molecular weight excluding hydrogens is 464 g/mol. The minimum Gasteiger partial charge on any atom is -0.481 e. The number of ketones is 2. The molecule has 0 heterocycles. The van der Waals surface area contributed by atoms with Crippen molar-refractivity contribution in [3.05, 3.63) is 0 Å². The topological polar surface area (TPSA) is 109 Å². The van der Waals surface area contributed by atoms with Crippen molar-refractivity contribution in [2.45, 2.75) is 102 Å². The number of rotatable bonds is 10. The Morgan fingerprint density at radius 2 is 1.19 bits per heavy atom. The van der Waals surface area contributed by atoms with Gasteiger partial charge >= 0.3 is 11.9 Å². The Kier molecular flexibility index (Phi) is 13.2.